The summed E-state index contributed by atoms with van der Waals surface area (Å²) >= 11 is 0. The zero-order valence-corrected chi connectivity index (χ0v) is 43.8. The second kappa shape index (κ2) is 32.0. The number of nitrogens with zero attached hydrogens (tertiary/aromatic N) is 3. The third kappa shape index (κ3) is 19.6. The molecule has 20 heteroatoms. The van der Waals surface area contributed by atoms with E-state index in [2.05, 4.69) is 29.8 Å². The van der Waals surface area contributed by atoms with Gasteiger partial charge in [-0.3, -0.25) is 38.5 Å². The Bertz CT molecular complexity index is 1910. The van der Waals surface area contributed by atoms with Gasteiger partial charge in [0.2, 0.25) is 29.5 Å². The van der Waals surface area contributed by atoms with Gasteiger partial charge >= 0.3 is 5.97 Å². The summed E-state index contributed by atoms with van der Waals surface area (Å²) in [5.74, 6) is -4.76. The first-order chi connectivity index (χ1) is 34.4. The number of hydrogen-bond donors (Lipinski definition) is 4. The molecule has 0 radical (unpaired) electrons. The molecule has 404 valence electrons. The first-order valence-electron chi connectivity index (χ1n) is 25.4. The molecule has 7 amide bonds. The number of carbonyl (C=O) groups is 8. The minimum Gasteiger partial charge on any atom is -0.480 e. The van der Waals surface area contributed by atoms with E-state index in [1.807, 2.05) is 6.07 Å². The van der Waals surface area contributed by atoms with Gasteiger partial charge in [0.05, 0.1) is 89.4 Å². The molecule has 2 aliphatic heterocycles. The fourth-order valence-electron chi connectivity index (χ4n) is 9.27. The number of carboxylic acids is 1. The lowest BCUT2D eigenvalue weighted by atomic mass is 9.80. The zero-order chi connectivity index (χ0) is 53.2. The predicted octanol–water partition coefficient (Wildman–Crippen LogP) is 3.05. The average molecular weight is 1020 g/mol. The normalized spacial score (nSPS) is 18.1. The van der Waals surface area contributed by atoms with Crippen molar-refractivity contribution in [2.75, 3.05) is 80.5 Å². The van der Waals surface area contributed by atoms with E-state index in [1.165, 1.54) is 46.6 Å². The van der Waals surface area contributed by atoms with E-state index in [-0.39, 0.29) is 95.6 Å². The van der Waals surface area contributed by atoms with Gasteiger partial charge in [-0.1, -0.05) is 76.8 Å². The molecular weight excluding hydrogens is 933 g/mol. The Hall–Kier alpha value is -5.28. The van der Waals surface area contributed by atoms with Crippen LogP contribution in [0.4, 0.5) is 0 Å². The number of likely N-dealkylation sites (N-methyl/N-ethyl adjacent to an activating group) is 1. The Kier molecular flexibility index (Phi) is 27.1. The molecule has 0 bridgehead atoms. The van der Waals surface area contributed by atoms with E-state index in [9.17, 15) is 43.5 Å². The molecule has 1 aliphatic carbocycles. The standard InChI is InChI=1S/C49H74N6O14.C3H8/c1-33(46(61)51-36(47(62)63)30-34-14-9-7-10-15-34)45(66-6)37-18-13-22-54(37)42(59)31-38(65-5)44(35-16-11-8-12-17-35)53(4)43(60)32-50-48(64)49(2,3)52-39(56)21-24-67-26-28-69-29-27-68-25-23-55-40(57)19-20-41(55)58;1-3-2/h7,9-10,14-15,19-20,33,35-38,44-45H,8,11-13,16-18,21-32H2,1-6H3,(H,50,64)(H,51,61)(H,52,56)(H,62,63);3H2,1-2H3. The van der Waals surface area contributed by atoms with Crippen molar-refractivity contribution in [3.05, 3.63) is 48.0 Å². The van der Waals surface area contributed by atoms with E-state index in [1.54, 1.807) is 48.0 Å². The molecule has 6 unspecified atom stereocenters. The van der Waals surface area contributed by atoms with E-state index in [0.29, 0.717) is 19.4 Å². The quantitative estimate of drug-likeness (QED) is 0.0640. The third-order valence-electron chi connectivity index (χ3n) is 13.1. The number of carboxylic acid groups (broad SMARTS) is 1. The maximum Gasteiger partial charge on any atom is 0.326 e. The van der Waals surface area contributed by atoms with Crippen LogP contribution in [0.2, 0.25) is 0 Å². The van der Waals surface area contributed by atoms with E-state index in [0.717, 1.165) is 42.6 Å². The molecular formula is C52H82N6O14. The van der Waals surface area contributed by atoms with Gasteiger partial charge in [0.15, 0.2) is 0 Å². The van der Waals surface area contributed by atoms with Gasteiger partial charge in [-0.05, 0) is 51.0 Å². The maximum atomic E-state index is 14.3. The number of carbonyl (C=O) groups excluding carboxylic acids is 7. The van der Waals surface area contributed by atoms with E-state index >= 15 is 0 Å². The molecule has 6 atom stereocenters. The van der Waals surface area contributed by atoms with Crippen LogP contribution in [0.15, 0.2) is 42.5 Å². The van der Waals surface area contributed by atoms with Crippen molar-refractivity contribution in [1.82, 2.24) is 30.7 Å². The molecule has 0 spiro atoms. The van der Waals surface area contributed by atoms with Crippen molar-refractivity contribution in [2.45, 2.75) is 141 Å². The van der Waals surface area contributed by atoms with Gasteiger partial charge < -0.3 is 54.5 Å². The number of rotatable bonds is 30. The Labute approximate surface area is 425 Å². The Morgan fingerprint density at radius 1 is 0.833 bits per heavy atom. The number of methoxy groups -OCH3 is 2. The number of nitrogens with one attached hydrogen (secondary N) is 3. The molecule has 2 fully saturated rings. The highest BCUT2D eigenvalue weighted by Gasteiger charge is 2.43. The Morgan fingerprint density at radius 3 is 2.01 bits per heavy atom. The SMILES string of the molecule is CCC.COC(CC(=O)N1CCCC1C(OC)C(C)C(=O)NC(Cc1ccccc1)C(=O)O)C(C1CCCCC1)N(C)C(=O)CNC(=O)C(C)(C)NC(=O)CCOCCOCCOCCN1C(=O)C=CC1=O. The molecule has 1 aromatic rings. The summed E-state index contributed by atoms with van der Waals surface area (Å²) in [6, 6.07) is 6.91. The van der Waals surface area contributed by atoms with E-state index in [4.69, 9.17) is 23.7 Å². The number of imide groups is 1. The van der Waals surface area contributed by atoms with Crippen LogP contribution in [0.3, 0.4) is 0 Å². The summed E-state index contributed by atoms with van der Waals surface area (Å²) in [6.45, 7) is 10.5. The number of aliphatic carboxylic acids is 1. The molecule has 72 heavy (non-hydrogen) atoms. The molecule has 1 saturated heterocycles. The Balaban J connectivity index is 0.00000445. The lowest BCUT2D eigenvalue weighted by molar-refractivity contribution is -0.147. The minimum atomic E-state index is -1.36. The van der Waals surface area contributed by atoms with Crippen molar-refractivity contribution in [3.8, 4) is 0 Å². The molecule has 4 N–H and O–H groups in total. The second-order valence-electron chi connectivity index (χ2n) is 19.1. The van der Waals surface area contributed by atoms with Gasteiger partial charge in [0, 0.05) is 52.8 Å². The number of amides is 7. The zero-order valence-electron chi connectivity index (χ0n) is 43.8. The number of benzene rings is 1. The summed E-state index contributed by atoms with van der Waals surface area (Å²) in [5, 5.41) is 18.0. The van der Waals surface area contributed by atoms with Crippen molar-refractivity contribution in [2.24, 2.45) is 11.8 Å². The fraction of sp³-hybridized carbons (Fsp3) is 0.692. The van der Waals surface area contributed by atoms with Crippen LogP contribution >= 0.6 is 0 Å². The monoisotopic (exact) mass is 1010 g/mol. The topological polar surface area (TPSA) is 249 Å². The maximum absolute atomic E-state index is 14.3. The first-order valence-corrected chi connectivity index (χ1v) is 25.4. The van der Waals surface area contributed by atoms with Crippen molar-refractivity contribution in [1.29, 1.82) is 0 Å². The molecule has 3 aliphatic rings. The minimum absolute atomic E-state index is 0.0223. The highest BCUT2D eigenvalue weighted by molar-refractivity contribution is 6.12. The lowest BCUT2D eigenvalue weighted by Crippen LogP contribution is -2.58. The summed E-state index contributed by atoms with van der Waals surface area (Å²) in [7, 11) is 4.65. The van der Waals surface area contributed by atoms with Crippen LogP contribution in [0.1, 0.15) is 104 Å². The van der Waals surface area contributed by atoms with Gasteiger partial charge in [-0.2, -0.15) is 0 Å². The summed E-state index contributed by atoms with van der Waals surface area (Å²) in [6.07, 6.45) is 8.16. The van der Waals surface area contributed by atoms with Crippen molar-refractivity contribution < 1.29 is 67.1 Å². The van der Waals surface area contributed by atoms with Crippen molar-refractivity contribution >= 4 is 47.3 Å². The van der Waals surface area contributed by atoms with Crippen LogP contribution in [-0.4, -0.2) is 184 Å². The molecule has 1 saturated carbocycles. The van der Waals surface area contributed by atoms with Crippen LogP contribution in [0, 0.1) is 11.8 Å². The smallest absolute Gasteiger partial charge is 0.326 e. The molecule has 1 aromatic carbocycles. The van der Waals surface area contributed by atoms with Gasteiger partial charge in [0.1, 0.15) is 11.6 Å². The molecule has 4 rings (SSSR count). The number of likely N-dealkylation sites (tertiary alicyclic amines) is 1. The molecule has 2 heterocycles. The van der Waals surface area contributed by atoms with E-state index < -0.39 is 71.4 Å². The number of hydrogen-bond acceptors (Lipinski definition) is 13. The summed E-state index contributed by atoms with van der Waals surface area (Å²) < 4.78 is 28.3. The largest absolute Gasteiger partial charge is 0.480 e. The van der Waals surface area contributed by atoms with Gasteiger partial charge in [-0.25, -0.2) is 4.79 Å². The predicted molar refractivity (Wildman–Crippen MR) is 267 cm³/mol. The first kappa shape index (κ1) is 61.0. The van der Waals surface area contributed by atoms with Crippen molar-refractivity contribution in [3.63, 3.8) is 0 Å². The van der Waals surface area contributed by atoms with Crippen LogP contribution < -0.4 is 16.0 Å². The highest BCUT2D eigenvalue weighted by atomic mass is 16.5. The van der Waals surface area contributed by atoms with Crippen LogP contribution in [-0.2, 0) is 68.5 Å². The second-order valence-corrected chi connectivity index (χ2v) is 19.1. The summed E-state index contributed by atoms with van der Waals surface area (Å²) in [5.41, 5.74) is -0.597. The Morgan fingerprint density at radius 2 is 1.43 bits per heavy atom. The average Bonchev–Trinajstić information content (AvgIpc) is 3.97. The molecule has 20 nitrogen and oxygen atoms in total. The molecule has 0 aromatic heterocycles. The number of ether oxygens (including phenoxy) is 5. The summed E-state index contributed by atoms with van der Waals surface area (Å²) in [4.78, 5) is 107. The lowest BCUT2D eigenvalue weighted by Gasteiger charge is -2.41. The van der Waals surface area contributed by atoms with Gasteiger partial charge in [0.25, 0.3) is 11.8 Å². The highest BCUT2D eigenvalue weighted by Crippen LogP contribution is 2.34. The third-order valence-corrected chi connectivity index (χ3v) is 13.1. The fourth-order valence-corrected chi connectivity index (χ4v) is 9.27. The van der Waals surface area contributed by atoms with Crippen LogP contribution in [0.25, 0.3) is 0 Å². The van der Waals surface area contributed by atoms with Gasteiger partial charge in [-0.15, -0.1) is 0 Å². The van der Waals surface area contributed by atoms with Crippen LogP contribution in [0.5, 0.6) is 0 Å².